The third kappa shape index (κ3) is 1.98. The molecule has 2 N–H and O–H groups in total. The number of hydrogen-bond donors (Lipinski definition) is 1. The zero-order valence-corrected chi connectivity index (χ0v) is 7.51. The van der Waals surface area contributed by atoms with E-state index in [0.29, 0.717) is 5.02 Å². The smallest absolute Gasteiger partial charge is 0.224 e. The first-order valence-electron chi connectivity index (χ1n) is 3.66. The summed E-state index contributed by atoms with van der Waals surface area (Å²) in [5.74, 6) is -0.610. The van der Waals surface area contributed by atoms with Crippen LogP contribution < -0.4 is 5.73 Å². The van der Waals surface area contributed by atoms with Gasteiger partial charge in [0, 0.05) is 5.02 Å². The molecule has 0 aliphatic heterocycles. The number of benzene rings is 1. The van der Waals surface area contributed by atoms with E-state index < -0.39 is 0 Å². The van der Waals surface area contributed by atoms with Crippen LogP contribution in [0.1, 0.15) is 18.4 Å². The van der Waals surface area contributed by atoms with E-state index >= 15 is 0 Å². The van der Waals surface area contributed by atoms with Crippen LogP contribution in [-0.2, 0) is 4.79 Å². The Morgan fingerprint density at radius 1 is 1.58 bits per heavy atom. The summed E-state index contributed by atoms with van der Waals surface area (Å²) < 4.78 is 0. The second-order valence-corrected chi connectivity index (χ2v) is 3.12. The van der Waals surface area contributed by atoms with Gasteiger partial charge in [-0.2, -0.15) is 0 Å². The summed E-state index contributed by atoms with van der Waals surface area (Å²) in [7, 11) is 0. The molecule has 1 aromatic carbocycles. The lowest BCUT2D eigenvalue weighted by atomic mass is 10.0. The van der Waals surface area contributed by atoms with Gasteiger partial charge in [0.1, 0.15) is 0 Å². The molecular weight excluding hydrogens is 174 g/mol. The Balaban J connectivity index is 2.95. The maximum atomic E-state index is 10.8. The fraction of sp³-hybridized carbons (Fsp3) is 0.222. The molecule has 0 saturated heterocycles. The van der Waals surface area contributed by atoms with Crippen LogP contribution in [0.2, 0.25) is 5.02 Å². The largest absolute Gasteiger partial charge is 0.369 e. The highest BCUT2D eigenvalue weighted by atomic mass is 35.5. The molecule has 64 valence electrons. The van der Waals surface area contributed by atoms with Crippen molar-refractivity contribution in [2.45, 2.75) is 12.8 Å². The Morgan fingerprint density at radius 3 is 2.75 bits per heavy atom. The molecule has 1 amide bonds. The maximum absolute atomic E-state index is 10.8. The van der Waals surface area contributed by atoms with Crippen molar-refractivity contribution in [1.82, 2.24) is 0 Å². The molecule has 0 heterocycles. The third-order valence-corrected chi connectivity index (χ3v) is 2.01. The molecule has 1 rings (SSSR count). The van der Waals surface area contributed by atoms with Gasteiger partial charge in [0.2, 0.25) is 5.91 Å². The van der Waals surface area contributed by atoms with Gasteiger partial charge in [-0.05, 0) is 24.6 Å². The highest BCUT2D eigenvalue weighted by molar-refractivity contribution is 6.30. The van der Waals surface area contributed by atoms with Gasteiger partial charge in [-0.15, -0.1) is 0 Å². The minimum atomic E-state index is -0.336. The molecule has 0 aromatic heterocycles. The van der Waals surface area contributed by atoms with Crippen molar-refractivity contribution in [3.05, 3.63) is 34.9 Å². The number of amides is 1. The van der Waals surface area contributed by atoms with Gasteiger partial charge in [0.15, 0.2) is 0 Å². The third-order valence-electron chi connectivity index (χ3n) is 1.78. The Bertz CT molecular complexity index is 298. The number of carbonyl (C=O) groups is 1. The van der Waals surface area contributed by atoms with Gasteiger partial charge in [0.25, 0.3) is 0 Å². The highest BCUT2D eigenvalue weighted by Crippen LogP contribution is 2.18. The topological polar surface area (TPSA) is 43.1 Å². The van der Waals surface area contributed by atoms with Crippen molar-refractivity contribution >= 4 is 17.5 Å². The van der Waals surface area contributed by atoms with Crippen molar-refractivity contribution in [3.63, 3.8) is 0 Å². The summed E-state index contributed by atoms with van der Waals surface area (Å²) >= 11 is 5.74. The second-order valence-electron chi connectivity index (χ2n) is 2.68. The lowest BCUT2D eigenvalue weighted by molar-refractivity contribution is -0.119. The molecule has 0 bridgehead atoms. The van der Waals surface area contributed by atoms with Crippen molar-refractivity contribution in [3.8, 4) is 0 Å². The van der Waals surface area contributed by atoms with E-state index in [1.165, 1.54) is 0 Å². The lowest BCUT2D eigenvalue weighted by Gasteiger charge is -2.06. The number of halogens is 1. The first kappa shape index (κ1) is 9.07. The Morgan fingerprint density at radius 2 is 2.25 bits per heavy atom. The molecule has 0 saturated carbocycles. The molecule has 0 aliphatic carbocycles. The van der Waals surface area contributed by atoms with Gasteiger partial charge in [-0.1, -0.05) is 23.7 Å². The number of rotatable bonds is 2. The van der Waals surface area contributed by atoms with E-state index in [0.717, 1.165) is 5.56 Å². The summed E-state index contributed by atoms with van der Waals surface area (Å²) in [6.45, 7) is 1.76. The van der Waals surface area contributed by atoms with Gasteiger partial charge in [-0.25, -0.2) is 0 Å². The van der Waals surface area contributed by atoms with Crippen LogP contribution in [0.5, 0.6) is 0 Å². The predicted molar refractivity (Wildman–Crippen MR) is 49.1 cm³/mol. The van der Waals surface area contributed by atoms with Gasteiger partial charge < -0.3 is 5.73 Å². The number of hydrogen-bond acceptors (Lipinski definition) is 1. The summed E-state index contributed by atoms with van der Waals surface area (Å²) in [6.07, 6.45) is 0. The molecule has 0 radical (unpaired) electrons. The molecule has 12 heavy (non-hydrogen) atoms. The van der Waals surface area contributed by atoms with E-state index in [-0.39, 0.29) is 11.8 Å². The molecule has 2 nitrogen and oxygen atoms in total. The first-order chi connectivity index (χ1) is 5.61. The predicted octanol–water partition coefficient (Wildman–Crippen LogP) is 1.93. The zero-order chi connectivity index (χ0) is 9.14. The highest BCUT2D eigenvalue weighted by Gasteiger charge is 2.10. The minimum Gasteiger partial charge on any atom is -0.369 e. The van der Waals surface area contributed by atoms with Crippen molar-refractivity contribution in [1.29, 1.82) is 0 Å². The normalized spacial score (nSPS) is 12.5. The van der Waals surface area contributed by atoms with Crippen LogP contribution in [0, 0.1) is 0 Å². The van der Waals surface area contributed by atoms with E-state index in [4.69, 9.17) is 17.3 Å². The van der Waals surface area contributed by atoms with Crippen LogP contribution in [0.15, 0.2) is 24.3 Å². The van der Waals surface area contributed by atoms with E-state index in [9.17, 15) is 4.79 Å². The number of nitrogens with two attached hydrogens (primary N) is 1. The van der Waals surface area contributed by atoms with Crippen molar-refractivity contribution < 1.29 is 4.79 Å². The van der Waals surface area contributed by atoms with Crippen molar-refractivity contribution in [2.75, 3.05) is 0 Å². The fourth-order valence-corrected chi connectivity index (χ4v) is 1.14. The molecule has 0 aliphatic rings. The molecule has 0 spiro atoms. The quantitative estimate of drug-likeness (QED) is 0.748. The van der Waals surface area contributed by atoms with Crippen LogP contribution >= 0.6 is 11.6 Å². The van der Waals surface area contributed by atoms with E-state index in [1.54, 1.807) is 25.1 Å². The van der Waals surface area contributed by atoms with E-state index in [2.05, 4.69) is 0 Å². The Labute approximate surface area is 76.3 Å². The van der Waals surface area contributed by atoms with Crippen LogP contribution in [-0.4, -0.2) is 5.91 Å². The molecule has 1 atom stereocenters. The zero-order valence-electron chi connectivity index (χ0n) is 6.75. The SMILES string of the molecule is C[C@H](C(N)=O)c1cccc(Cl)c1. The fourth-order valence-electron chi connectivity index (χ4n) is 0.940. The summed E-state index contributed by atoms with van der Waals surface area (Å²) in [5, 5.41) is 0.626. The average Bonchev–Trinajstić information content (AvgIpc) is 2.03. The average molecular weight is 184 g/mol. The molecular formula is C9H10ClNO. The molecule has 1 aromatic rings. The number of primary amides is 1. The number of carbonyl (C=O) groups excluding carboxylic acids is 1. The van der Waals surface area contributed by atoms with Gasteiger partial charge in [-0.3, -0.25) is 4.79 Å². The lowest BCUT2D eigenvalue weighted by Crippen LogP contribution is -2.18. The Hall–Kier alpha value is -1.02. The minimum absolute atomic E-state index is 0.274. The van der Waals surface area contributed by atoms with E-state index in [1.807, 2.05) is 6.07 Å². The van der Waals surface area contributed by atoms with Gasteiger partial charge in [0.05, 0.1) is 5.92 Å². The molecule has 0 unspecified atom stereocenters. The van der Waals surface area contributed by atoms with Gasteiger partial charge >= 0.3 is 0 Å². The van der Waals surface area contributed by atoms with Crippen LogP contribution in [0.25, 0.3) is 0 Å². The first-order valence-corrected chi connectivity index (χ1v) is 4.04. The van der Waals surface area contributed by atoms with Crippen LogP contribution in [0.4, 0.5) is 0 Å². The second kappa shape index (κ2) is 3.59. The Kier molecular flexibility index (Phi) is 2.71. The van der Waals surface area contributed by atoms with Crippen molar-refractivity contribution in [2.24, 2.45) is 5.73 Å². The summed E-state index contributed by atoms with van der Waals surface area (Å²) in [6, 6.07) is 7.15. The monoisotopic (exact) mass is 183 g/mol. The standard InChI is InChI=1S/C9H10ClNO/c1-6(9(11)12)7-3-2-4-8(10)5-7/h2-6H,1H3,(H2,11,12)/t6-/m0/s1. The molecule has 0 fully saturated rings. The van der Waals surface area contributed by atoms with Crippen LogP contribution in [0.3, 0.4) is 0 Å². The summed E-state index contributed by atoms with van der Waals surface area (Å²) in [5.41, 5.74) is 5.99. The molecule has 3 heteroatoms. The maximum Gasteiger partial charge on any atom is 0.224 e. The summed E-state index contributed by atoms with van der Waals surface area (Å²) in [4.78, 5) is 10.8.